The molecule has 0 radical (unpaired) electrons. The van der Waals surface area contributed by atoms with Crippen molar-refractivity contribution >= 4 is 5.69 Å². The molecular weight excluding hydrogens is 258 g/mol. The molecule has 0 amide bonds. The summed E-state index contributed by atoms with van der Waals surface area (Å²) in [7, 11) is 0. The van der Waals surface area contributed by atoms with E-state index in [2.05, 4.69) is 4.74 Å². The van der Waals surface area contributed by atoms with Gasteiger partial charge in [-0.05, 0) is 5.56 Å². The number of nitro benzene ring substituents is 1. The molecule has 0 aliphatic carbocycles. The molecule has 0 bridgehead atoms. The van der Waals surface area contributed by atoms with E-state index in [-0.39, 0.29) is 11.3 Å². The van der Waals surface area contributed by atoms with Gasteiger partial charge in [0, 0.05) is 12.1 Å². The zero-order valence-corrected chi connectivity index (χ0v) is 8.98. The molecule has 4 nitrogen and oxygen atoms in total. The van der Waals surface area contributed by atoms with Gasteiger partial charge in [0.1, 0.15) is 6.61 Å². The lowest BCUT2D eigenvalue weighted by molar-refractivity contribution is -0.385. The summed E-state index contributed by atoms with van der Waals surface area (Å²) in [4.78, 5) is 9.77. The highest BCUT2D eigenvalue weighted by Gasteiger charge is 2.40. The van der Waals surface area contributed by atoms with Crippen LogP contribution in [0.15, 0.2) is 24.3 Å². The van der Waals surface area contributed by atoms with Crippen LogP contribution in [0.4, 0.5) is 23.2 Å². The molecule has 0 spiro atoms. The number of non-ortho nitro benzene ring substituents is 1. The van der Waals surface area contributed by atoms with E-state index in [9.17, 15) is 27.7 Å². The zero-order chi connectivity index (χ0) is 13.8. The fourth-order valence-corrected chi connectivity index (χ4v) is 1.13. The highest BCUT2D eigenvalue weighted by molar-refractivity contribution is 5.33. The van der Waals surface area contributed by atoms with Crippen LogP contribution in [0.2, 0.25) is 0 Å². The van der Waals surface area contributed by atoms with Crippen LogP contribution in [-0.2, 0) is 11.3 Å². The number of alkyl halides is 4. The minimum Gasteiger partial charge on any atom is -0.370 e. The van der Waals surface area contributed by atoms with Gasteiger partial charge in [0.2, 0.25) is 0 Å². The Balaban J connectivity index is 2.54. The Bertz CT molecular complexity index is 425. The first-order valence-corrected chi connectivity index (χ1v) is 4.80. The molecule has 0 aromatic heterocycles. The molecular formula is C10H9F4NO3. The normalized spacial score (nSPS) is 11.8. The van der Waals surface area contributed by atoms with E-state index in [4.69, 9.17) is 0 Å². The van der Waals surface area contributed by atoms with Crippen LogP contribution < -0.4 is 0 Å². The second kappa shape index (κ2) is 5.76. The van der Waals surface area contributed by atoms with Crippen molar-refractivity contribution < 1.29 is 27.2 Å². The second-order valence-corrected chi connectivity index (χ2v) is 3.48. The molecule has 1 rings (SSSR count). The lowest BCUT2D eigenvalue weighted by Crippen LogP contribution is -2.32. The van der Waals surface area contributed by atoms with Crippen LogP contribution in [0, 0.1) is 10.1 Å². The number of hydrogen-bond acceptors (Lipinski definition) is 3. The SMILES string of the molecule is O=[N+]([O-])c1cccc(COCC(F)(F)C(F)F)c1. The summed E-state index contributed by atoms with van der Waals surface area (Å²) in [5, 5.41) is 10.4. The standard InChI is InChI=1S/C10H9F4NO3/c11-9(12)10(13,14)6-18-5-7-2-1-3-8(4-7)15(16)17/h1-4,9H,5-6H2. The fourth-order valence-electron chi connectivity index (χ4n) is 1.13. The lowest BCUT2D eigenvalue weighted by atomic mass is 10.2. The number of benzene rings is 1. The summed E-state index contributed by atoms with van der Waals surface area (Å²) in [5.41, 5.74) is 0.0333. The van der Waals surface area contributed by atoms with Crippen LogP contribution in [0.25, 0.3) is 0 Å². The summed E-state index contributed by atoms with van der Waals surface area (Å²) in [5.74, 6) is -4.22. The highest BCUT2D eigenvalue weighted by atomic mass is 19.3. The van der Waals surface area contributed by atoms with E-state index in [1.54, 1.807) is 0 Å². The molecule has 1 aromatic carbocycles. The van der Waals surface area contributed by atoms with Crippen molar-refractivity contribution in [2.45, 2.75) is 19.0 Å². The number of halogens is 4. The van der Waals surface area contributed by atoms with Crippen LogP contribution in [0.5, 0.6) is 0 Å². The number of hydrogen-bond donors (Lipinski definition) is 0. The van der Waals surface area contributed by atoms with Gasteiger partial charge >= 0.3 is 12.3 Å². The Kier molecular flexibility index (Phi) is 4.60. The molecule has 100 valence electrons. The van der Waals surface area contributed by atoms with Crippen LogP contribution in [0.1, 0.15) is 5.56 Å². The number of rotatable bonds is 6. The number of nitro groups is 1. The zero-order valence-electron chi connectivity index (χ0n) is 8.98. The highest BCUT2D eigenvalue weighted by Crippen LogP contribution is 2.23. The first-order valence-electron chi connectivity index (χ1n) is 4.80. The molecule has 0 saturated carbocycles. The Hall–Kier alpha value is -1.70. The molecule has 0 unspecified atom stereocenters. The monoisotopic (exact) mass is 267 g/mol. The quantitative estimate of drug-likeness (QED) is 0.452. The van der Waals surface area contributed by atoms with Gasteiger partial charge in [0.05, 0.1) is 11.5 Å². The van der Waals surface area contributed by atoms with E-state index in [0.29, 0.717) is 0 Å². The summed E-state index contributed by atoms with van der Waals surface area (Å²) in [6, 6.07) is 5.10. The third-order valence-corrected chi connectivity index (χ3v) is 2.00. The third-order valence-electron chi connectivity index (χ3n) is 2.00. The number of ether oxygens (including phenoxy) is 1. The maximum Gasteiger partial charge on any atom is 0.330 e. The first-order chi connectivity index (χ1) is 8.33. The second-order valence-electron chi connectivity index (χ2n) is 3.48. The van der Waals surface area contributed by atoms with Gasteiger partial charge in [-0.25, -0.2) is 8.78 Å². The maximum absolute atomic E-state index is 12.5. The van der Waals surface area contributed by atoms with E-state index < -0.39 is 30.5 Å². The molecule has 0 atom stereocenters. The van der Waals surface area contributed by atoms with Crippen molar-refractivity contribution in [3.63, 3.8) is 0 Å². The van der Waals surface area contributed by atoms with Gasteiger partial charge in [0.25, 0.3) is 5.69 Å². The van der Waals surface area contributed by atoms with Crippen molar-refractivity contribution in [3.05, 3.63) is 39.9 Å². The molecule has 1 aromatic rings. The average Bonchev–Trinajstić information content (AvgIpc) is 2.29. The third kappa shape index (κ3) is 3.95. The molecule has 0 heterocycles. The average molecular weight is 267 g/mol. The first kappa shape index (κ1) is 14.4. The van der Waals surface area contributed by atoms with E-state index in [1.165, 1.54) is 18.2 Å². The molecule has 0 aliphatic heterocycles. The summed E-state index contributed by atoms with van der Waals surface area (Å²) in [6.07, 6.45) is -3.80. The largest absolute Gasteiger partial charge is 0.370 e. The lowest BCUT2D eigenvalue weighted by Gasteiger charge is -2.15. The van der Waals surface area contributed by atoms with Crippen molar-refractivity contribution in [2.24, 2.45) is 0 Å². The molecule has 0 saturated heterocycles. The Morgan fingerprint density at radius 3 is 2.61 bits per heavy atom. The Morgan fingerprint density at radius 2 is 2.06 bits per heavy atom. The molecule has 0 N–H and O–H groups in total. The van der Waals surface area contributed by atoms with Gasteiger partial charge in [-0.15, -0.1) is 0 Å². The Labute approximate surface area is 99.3 Å². The topological polar surface area (TPSA) is 52.4 Å². The summed E-state index contributed by atoms with van der Waals surface area (Å²) in [6.45, 7) is -1.84. The predicted octanol–water partition coefficient (Wildman–Crippen LogP) is 3.01. The van der Waals surface area contributed by atoms with Gasteiger partial charge in [-0.3, -0.25) is 10.1 Å². The molecule has 0 fully saturated rings. The summed E-state index contributed by atoms with van der Waals surface area (Å²) < 4.78 is 53.0. The van der Waals surface area contributed by atoms with E-state index in [1.807, 2.05) is 0 Å². The molecule has 0 aliphatic rings. The molecule has 8 heteroatoms. The van der Waals surface area contributed by atoms with Crippen LogP contribution in [-0.4, -0.2) is 23.9 Å². The van der Waals surface area contributed by atoms with Crippen LogP contribution >= 0.6 is 0 Å². The molecule has 18 heavy (non-hydrogen) atoms. The van der Waals surface area contributed by atoms with E-state index in [0.717, 1.165) is 6.07 Å². The van der Waals surface area contributed by atoms with Crippen LogP contribution in [0.3, 0.4) is 0 Å². The smallest absolute Gasteiger partial charge is 0.330 e. The van der Waals surface area contributed by atoms with E-state index >= 15 is 0 Å². The van der Waals surface area contributed by atoms with Gasteiger partial charge in [-0.1, -0.05) is 12.1 Å². The van der Waals surface area contributed by atoms with Crippen molar-refractivity contribution in [1.82, 2.24) is 0 Å². The van der Waals surface area contributed by atoms with Gasteiger partial charge in [0.15, 0.2) is 0 Å². The fraction of sp³-hybridized carbons (Fsp3) is 0.400. The predicted molar refractivity (Wildman–Crippen MR) is 53.7 cm³/mol. The van der Waals surface area contributed by atoms with Crippen molar-refractivity contribution in [2.75, 3.05) is 6.61 Å². The summed E-state index contributed by atoms with van der Waals surface area (Å²) >= 11 is 0. The maximum atomic E-state index is 12.5. The van der Waals surface area contributed by atoms with Crippen molar-refractivity contribution in [1.29, 1.82) is 0 Å². The van der Waals surface area contributed by atoms with Gasteiger partial charge in [-0.2, -0.15) is 8.78 Å². The minimum absolute atomic E-state index is 0.225. The Morgan fingerprint density at radius 1 is 1.39 bits per heavy atom. The number of nitrogens with zero attached hydrogens (tertiary/aromatic N) is 1. The minimum atomic E-state index is -4.22. The van der Waals surface area contributed by atoms with Crippen molar-refractivity contribution in [3.8, 4) is 0 Å². The van der Waals surface area contributed by atoms with Gasteiger partial charge < -0.3 is 4.74 Å².